The zero-order valence-electron chi connectivity index (χ0n) is 12.4. The van der Waals surface area contributed by atoms with Gasteiger partial charge >= 0.3 is 0 Å². The first-order valence-electron chi connectivity index (χ1n) is 6.94. The fourth-order valence-electron chi connectivity index (χ4n) is 2.33. The van der Waals surface area contributed by atoms with Gasteiger partial charge in [0.05, 0.1) is 17.2 Å². The molecule has 1 aromatic heterocycles. The second kappa shape index (κ2) is 6.45. The molecular weight excluding hydrogens is 322 g/mol. The van der Waals surface area contributed by atoms with Crippen molar-refractivity contribution in [3.8, 4) is 22.9 Å². The van der Waals surface area contributed by atoms with Gasteiger partial charge in [-0.1, -0.05) is 30.0 Å². The van der Waals surface area contributed by atoms with Gasteiger partial charge in [-0.15, -0.1) is 0 Å². The minimum absolute atomic E-state index is 0.0428. The second-order valence-electron chi connectivity index (χ2n) is 4.89. The molecule has 2 heterocycles. The second-order valence-corrected chi connectivity index (χ2v) is 5.95. The number of phenols is 1. The number of anilines is 1. The molecule has 0 atom stereocenters. The van der Waals surface area contributed by atoms with E-state index in [1.165, 1.54) is 23.9 Å². The lowest BCUT2D eigenvalue weighted by atomic mass is 10.00. The van der Waals surface area contributed by atoms with Crippen LogP contribution in [0.15, 0.2) is 46.6 Å². The lowest BCUT2D eigenvalue weighted by molar-refractivity contribution is 0.475. The number of nitrogen functional groups attached to an aromatic ring is 1. The monoisotopic (exact) mass is 333 g/mol. The number of nitrogens with zero attached hydrogens (tertiary/aromatic N) is 4. The van der Waals surface area contributed by atoms with Crippen LogP contribution in [0.1, 0.15) is 12.0 Å². The van der Waals surface area contributed by atoms with E-state index < -0.39 is 0 Å². The van der Waals surface area contributed by atoms with E-state index in [-0.39, 0.29) is 22.8 Å². The summed E-state index contributed by atoms with van der Waals surface area (Å²) in [7, 11) is 0. The fraction of sp³-hybridized carbons (Fsp3) is 0.0588. The van der Waals surface area contributed by atoms with Crippen LogP contribution in [0.3, 0.4) is 0 Å². The van der Waals surface area contributed by atoms with Crippen LogP contribution in [-0.4, -0.2) is 15.1 Å². The third kappa shape index (κ3) is 2.81. The highest BCUT2D eigenvalue weighted by molar-refractivity contribution is 8.14. The summed E-state index contributed by atoms with van der Waals surface area (Å²) in [5.41, 5.74) is 7.22. The molecule has 0 bridgehead atoms. The van der Waals surface area contributed by atoms with Crippen LogP contribution in [-0.2, 0) is 0 Å². The summed E-state index contributed by atoms with van der Waals surface area (Å²) in [4.78, 5) is 11.9. The van der Waals surface area contributed by atoms with Crippen molar-refractivity contribution in [2.24, 2.45) is 4.99 Å². The van der Waals surface area contributed by atoms with Crippen LogP contribution in [0.4, 0.5) is 11.5 Å². The highest BCUT2D eigenvalue weighted by Crippen LogP contribution is 2.42. The topological polar surface area (TPSA) is 99.6 Å². The normalized spacial score (nSPS) is 12.5. The summed E-state index contributed by atoms with van der Waals surface area (Å²) in [5.74, 6) is 0.0951. The minimum Gasteiger partial charge on any atom is -0.508 e. The smallest absolute Gasteiger partial charge is 0.236 e. The van der Waals surface area contributed by atoms with Crippen LogP contribution in [0.2, 0.25) is 0 Å². The van der Waals surface area contributed by atoms with Gasteiger partial charge in [-0.05, 0) is 17.7 Å². The number of aromatic nitrogens is 1. The Kier molecular flexibility index (Phi) is 4.19. The molecule has 3 N–H and O–H groups in total. The van der Waals surface area contributed by atoms with Gasteiger partial charge in [-0.2, -0.15) is 5.26 Å². The number of nitriles is 1. The molecule has 1 aliphatic heterocycles. The first kappa shape index (κ1) is 15.6. The lowest BCUT2D eigenvalue weighted by Crippen LogP contribution is -2.00. The van der Waals surface area contributed by atoms with Gasteiger partial charge in [-0.3, -0.25) is 4.99 Å². The van der Waals surface area contributed by atoms with Crippen LogP contribution < -0.4 is 5.73 Å². The van der Waals surface area contributed by atoms with Gasteiger partial charge < -0.3 is 10.8 Å². The predicted octanol–water partition coefficient (Wildman–Crippen LogP) is 3.87. The van der Waals surface area contributed by atoms with Gasteiger partial charge in [0.15, 0.2) is 0 Å². The Labute approximate surface area is 142 Å². The molecule has 0 unspecified atom stereocenters. The Morgan fingerprint density at radius 3 is 2.88 bits per heavy atom. The minimum atomic E-state index is 0.0428. The van der Waals surface area contributed by atoms with Gasteiger partial charge in [-0.25, -0.2) is 9.83 Å². The quantitative estimate of drug-likeness (QED) is 0.813. The van der Waals surface area contributed by atoms with Crippen molar-refractivity contribution in [3.05, 3.63) is 53.5 Å². The molecule has 0 fully saturated rings. The number of hydrogen-bond acceptors (Lipinski definition) is 6. The van der Waals surface area contributed by atoms with Crippen molar-refractivity contribution in [1.82, 2.24) is 4.98 Å². The van der Waals surface area contributed by atoms with Gasteiger partial charge in [0, 0.05) is 18.2 Å². The fourth-order valence-corrected chi connectivity index (χ4v) is 3.24. The van der Waals surface area contributed by atoms with Gasteiger partial charge in [0.2, 0.25) is 5.69 Å². The molecule has 0 saturated carbocycles. The number of thioether (sulfide) groups is 1. The molecule has 0 aliphatic carbocycles. The number of phenolic OH excluding ortho intramolecular Hbond substituents is 1. The number of rotatable bonds is 2. The summed E-state index contributed by atoms with van der Waals surface area (Å²) in [5, 5.41) is 20.6. The molecule has 116 valence electrons. The van der Waals surface area contributed by atoms with Crippen molar-refractivity contribution in [1.29, 1.82) is 5.26 Å². The molecule has 0 saturated heterocycles. The zero-order valence-corrected chi connectivity index (χ0v) is 13.2. The molecule has 2 aromatic rings. The van der Waals surface area contributed by atoms with E-state index in [0.717, 1.165) is 5.04 Å². The van der Waals surface area contributed by atoms with E-state index in [9.17, 15) is 10.4 Å². The standard InChI is InChI=1S/C17H11N5OS/c1-20-15-14(10-4-2-5-11(23)8-10)12(9-18)17(22-16(15)19)24-13-6-3-7-21-13/h2-5,7-8,23H,6H2,(H2,19,22). The number of allylic oxidation sites excluding steroid dienone is 1. The van der Waals surface area contributed by atoms with E-state index in [0.29, 0.717) is 22.6 Å². The maximum Gasteiger partial charge on any atom is 0.236 e. The maximum atomic E-state index is 9.73. The molecule has 1 aromatic carbocycles. The van der Waals surface area contributed by atoms with E-state index >= 15 is 0 Å². The highest BCUT2D eigenvalue weighted by Gasteiger charge is 2.22. The predicted molar refractivity (Wildman–Crippen MR) is 93.8 cm³/mol. The summed E-state index contributed by atoms with van der Waals surface area (Å²) in [6.45, 7) is 7.39. The number of aromatic hydroxyl groups is 1. The Morgan fingerprint density at radius 2 is 2.25 bits per heavy atom. The van der Waals surface area contributed by atoms with Crippen LogP contribution in [0, 0.1) is 17.9 Å². The Morgan fingerprint density at radius 1 is 1.42 bits per heavy atom. The third-order valence-electron chi connectivity index (χ3n) is 3.35. The van der Waals surface area contributed by atoms with Crippen molar-refractivity contribution < 1.29 is 5.11 Å². The molecule has 24 heavy (non-hydrogen) atoms. The third-order valence-corrected chi connectivity index (χ3v) is 4.35. The maximum absolute atomic E-state index is 9.73. The highest BCUT2D eigenvalue weighted by atomic mass is 32.2. The molecule has 0 amide bonds. The number of benzene rings is 1. The average Bonchev–Trinajstić information content (AvgIpc) is 3.07. The number of hydrogen-bond donors (Lipinski definition) is 2. The van der Waals surface area contributed by atoms with Crippen LogP contribution >= 0.6 is 11.8 Å². The molecule has 3 rings (SSSR count). The summed E-state index contributed by atoms with van der Waals surface area (Å²) < 4.78 is 0. The van der Waals surface area contributed by atoms with E-state index in [2.05, 4.69) is 20.9 Å². The van der Waals surface area contributed by atoms with Gasteiger partial charge in [0.1, 0.15) is 22.7 Å². The van der Waals surface area contributed by atoms with Crippen molar-refractivity contribution in [3.63, 3.8) is 0 Å². The van der Waals surface area contributed by atoms with Crippen molar-refractivity contribution >= 4 is 28.3 Å². The SMILES string of the molecule is [C-]#[N+]c1c(N)nc(SC2=NC=CC2)c(C#N)c1-c1cccc(O)c1. The summed E-state index contributed by atoms with van der Waals surface area (Å²) in [6.07, 6.45) is 4.27. The molecule has 1 aliphatic rings. The molecule has 6 nitrogen and oxygen atoms in total. The first-order valence-corrected chi connectivity index (χ1v) is 7.75. The molecule has 7 heteroatoms. The Hall–Kier alpha value is -3.29. The number of pyridine rings is 1. The Balaban J connectivity index is 2.24. The molecule has 0 radical (unpaired) electrons. The number of aliphatic imine (C=N–C) groups is 1. The van der Waals surface area contributed by atoms with Crippen molar-refractivity contribution in [2.45, 2.75) is 11.4 Å². The number of nitrogens with two attached hydrogens (primary N) is 1. The average molecular weight is 333 g/mol. The van der Waals surface area contributed by atoms with Crippen LogP contribution in [0.25, 0.3) is 16.0 Å². The first-order chi connectivity index (χ1) is 11.6. The van der Waals surface area contributed by atoms with Crippen LogP contribution in [0.5, 0.6) is 5.75 Å². The van der Waals surface area contributed by atoms with Crippen molar-refractivity contribution in [2.75, 3.05) is 5.73 Å². The Bertz CT molecular complexity index is 966. The largest absolute Gasteiger partial charge is 0.508 e. The summed E-state index contributed by atoms with van der Waals surface area (Å²) >= 11 is 1.26. The van der Waals surface area contributed by atoms with E-state index in [1.807, 2.05) is 6.08 Å². The zero-order chi connectivity index (χ0) is 17.1. The molecular formula is C17H11N5OS. The van der Waals surface area contributed by atoms with Gasteiger partial charge in [0.25, 0.3) is 0 Å². The molecule has 0 spiro atoms. The summed E-state index contributed by atoms with van der Waals surface area (Å²) in [6, 6.07) is 8.49. The van der Waals surface area contributed by atoms with E-state index in [4.69, 9.17) is 12.3 Å². The lowest BCUT2D eigenvalue weighted by Gasteiger charge is -2.13. The van der Waals surface area contributed by atoms with E-state index in [1.54, 1.807) is 18.3 Å².